The van der Waals surface area contributed by atoms with Crippen LogP contribution in [0.1, 0.15) is 57.1 Å². The number of benzene rings is 1. The van der Waals surface area contributed by atoms with E-state index in [1.165, 1.54) is 12.1 Å². The number of hydrogen-bond donors (Lipinski definition) is 3. The molecule has 5 rings (SSSR count). The van der Waals surface area contributed by atoms with Crippen molar-refractivity contribution in [2.24, 2.45) is 11.7 Å². The van der Waals surface area contributed by atoms with E-state index in [4.69, 9.17) is 15.5 Å². The number of alkyl halides is 3. The molecule has 1 aliphatic heterocycles. The highest BCUT2D eigenvalue weighted by molar-refractivity contribution is 5.77. The summed E-state index contributed by atoms with van der Waals surface area (Å²) in [6.07, 6.45) is 1.80. The molecule has 3 aromatic rings. The molecule has 4 N–H and O–H groups in total. The van der Waals surface area contributed by atoms with E-state index in [9.17, 15) is 17.6 Å². The fourth-order valence-corrected chi connectivity index (χ4v) is 5.21. The lowest BCUT2D eigenvalue weighted by Crippen LogP contribution is -2.41. The second kappa shape index (κ2) is 10.1. The molecule has 1 saturated heterocycles. The summed E-state index contributed by atoms with van der Waals surface area (Å²) in [4.78, 5) is 13.8. The first-order chi connectivity index (χ1) is 17.7. The molecular formula is C25H31F4N7O. The first-order valence-electron chi connectivity index (χ1n) is 12.6. The molecule has 2 aromatic heterocycles. The summed E-state index contributed by atoms with van der Waals surface area (Å²) < 4.78 is 62.2. The lowest BCUT2D eigenvalue weighted by molar-refractivity contribution is -0.139. The van der Waals surface area contributed by atoms with Crippen molar-refractivity contribution >= 4 is 28.7 Å². The van der Waals surface area contributed by atoms with E-state index >= 15 is 0 Å². The van der Waals surface area contributed by atoms with Gasteiger partial charge in [-0.15, -0.1) is 0 Å². The fraction of sp³-hybridized carbons (Fsp3) is 0.560. The minimum absolute atomic E-state index is 0.0226. The standard InChI is InChI=1S/C25H31F4N7O/c1-24(9-11-37-12-10-24)35-22-31-14-19-21(34-22)36(16-7-5-15(13-30)6-8-16)23(33-19)32-18-4-2-3-17(20(18)26)25(27,28)29/h2-4,14-16H,5-13,30H2,1H3,(H,32,33)(H,31,34,35)/t15-,16+. The number of anilines is 3. The van der Waals surface area contributed by atoms with Gasteiger partial charge in [0.2, 0.25) is 11.9 Å². The van der Waals surface area contributed by atoms with Gasteiger partial charge in [-0.2, -0.15) is 18.2 Å². The largest absolute Gasteiger partial charge is 0.419 e. The van der Waals surface area contributed by atoms with Crippen molar-refractivity contribution in [3.8, 4) is 0 Å². The third-order valence-electron chi connectivity index (χ3n) is 7.51. The van der Waals surface area contributed by atoms with Gasteiger partial charge in [0.15, 0.2) is 11.5 Å². The van der Waals surface area contributed by atoms with Crippen molar-refractivity contribution in [3.63, 3.8) is 0 Å². The normalized spacial score (nSPS) is 22.2. The highest BCUT2D eigenvalue weighted by atomic mass is 19.4. The maximum absolute atomic E-state index is 14.9. The lowest BCUT2D eigenvalue weighted by atomic mass is 9.86. The van der Waals surface area contributed by atoms with Gasteiger partial charge in [-0.05, 0) is 70.0 Å². The van der Waals surface area contributed by atoms with E-state index < -0.39 is 17.6 Å². The van der Waals surface area contributed by atoms with Crippen molar-refractivity contribution in [1.29, 1.82) is 0 Å². The van der Waals surface area contributed by atoms with Gasteiger partial charge in [0.1, 0.15) is 5.52 Å². The van der Waals surface area contributed by atoms with Crippen molar-refractivity contribution in [3.05, 3.63) is 35.8 Å². The smallest absolute Gasteiger partial charge is 0.381 e. The molecule has 200 valence electrons. The molecule has 12 heteroatoms. The molecule has 8 nitrogen and oxygen atoms in total. The first kappa shape index (κ1) is 25.7. The summed E-state index contributed by atoms with van der Waals surface area (Å²) in [6, 6.07) is 3.14. The second-order valence-corrected chi connectivity index (χ2v) is 10.2. The van der Waals surface area contributed by atoms with Crippen LogP contribution in [0.4, 0.5) is 35.1 Å². The number of hydrogen-bond acceptors (Lipinski definition) is 7. The third-order valence-corrected chi connectivity index (χ3v) is 7.51. The molecule has 1 aliphatic carbocycles. The third kappa shape index (κ3) is 5.35. The van der Waals surface area contributed by atoms with Gasteiger partial charge < -0.3 is 21.1 Å². The van der Waals surface area contributed by atoms with Crippen LogP contribution in [-0.2, 0) is 10.9 Å². The molecule has 2 aliphatic rings. The SMILES string of the molecule is CC1(Nc2ncc3nc(Nc4cccc(C(F)(F)F)c4F)n([C@H]4CC[C@@H](CN)CC4)c3n2)CCOCC1. The number of halogens is 4. The molecule has 0 unspecified atom stereocenters. The number of aromatic nitrogens is 4. The molecule has 0 atom stereocenters. The zero-order valence-electron chi connectivity index (χ0n) is 20.6. The summed E-state index contributed by atoms with van der Waals surface area (Å²) >= 11 is 0. The van der Waals surface area contributed by atoms with Crippen molar-refractivity contribution < 1.29 is 22.3 Å². The van der Waals surface area contributed by atoms with Crippen LogP contribution in [0.2, 0.25) is 0 Å². The number of nitrogens with zero attached hydrogens (tertiary/aromatic N) is 4. The van der Waals surface area contributed by atoms with Crippen LogP contribution >= 0.6 is 0 Å². The van der Waals surface area contributed by atoms with Crippen LogP contribution in [0, 0.1) is 11.7 Å². The summed E-state index contributed by atoms with van der Waals surface area (Å²) in [5, 5.41) is 6.24. The van der Waals surface area contributed by atoms with Crippen LogP contribution in [0.25, 0.3) is 11.2 Å². The van der Waals surface area contributed by atoms with Crippen LogP contribution in [0.3, 0.4) is 0 Å². The number of imidazole rings is 1. The maximum atomic E-state index is 14.9. The molecule has 0 amide bonds. The maximum Gasteiger partial charge on any atom is 0.419 e. The zero-order chi connectivity index (χ0) is 26.2. The predicted molar refractivity (Wildman–Crippen MR) is 132 cm³/mol. The molecule has 37 heavy (non-hydrogen) atoms. The summed E-state index contributed by atoms with van der Waals surface area (Å²) in [5.74, 6) is -0.288. The number of ether oxygens (including phenoxy) is 1. The Bertz CT molecular complexity index is 1250. The van der Waals surface area contributed by atoms with Crippen molar-refractivity contribution in [2.45, 2.75) is 63.2 Å². The number of rotatable bonds is 6. The molecular weight excluding hydrogens is 490 g/mol. The molecule has 3 heterocycles. The topological polar surface area (TPSA) is 103 Å². The van der Waals surface area contributed by atoms with Gasteiger partial charge in [0.25, 0.3) is 0 Å². The average molecular weight is 522 g/mol. The molecule has 2 fully saturated rings. The quantitative estimate of drug-likeness (QED) is 0.373. The summed E-state index contributed by atoms with van der Waals surface area (Å²) in [6.45, 7) is 3.99. The highest BCUT2D eigenvalue weighted by Crippen LogP contribution is 2.39. The number of nitrogens with one attached hydrogen (secondary N) is 2. The average Bonchev–Trinajstić information content (AvgIpc) is 3.22. The molecule has 0 radical (unpaired) electrons. The number of fused-ring (bicyclic) bond motifs is 1. The minimum Gasteiger partial charge on any atom is -0.381 e. The molecule has 0 spiro atoms. The van der Waals surface area contributed by atoms with E-state index in [0.717, 1.165) is 44.6 Å². The first-order valence-corrected chi connectivity index (χ1v) is 12.6. The zero-order valence-corrected chi connectivity index (χ0v) is 20.6. The van der Waals surface area contributed by atoms with E-state index in [2.05, 4.69) is 27.5 Å². The highest BCUT2D eigenvalue weighted by Gasteiger charge is 2.35. The van der Waals surface area contributed by atoms with Gasteiger partial charge in [-0.1, -0.05) is 6.07 Å². The van der Waals surface area contributed by atoms with Gasteiger partial charge in [0, 0.05) is 24.8 Å². The van der Waals surface area contributed by atoms with Crippen molar-refractivity contribution in [2.75, 3.05) is 30.4 Å². The van der Waals surface area contributed by atoms with Crippen LogP contribution in [-0.4, -0.2) is 44.8 Å². The molecule has 1 saturated carbocycles. The van der Waals surface area contributed by atoms with Gasteiger partial charge in [-0.25, -0.2) is 14.4 Å². The Hall–Kier alpha value is -2.99. The fourth-order valence-electron chi connectivity index (χ4n) is 5.21. The van der Waals surface area contributed by atoms with E-state index in [1.807, 2.05) is 4.57 Å². The van der Waals surface area contributed by atoms with Crippen LogP contribution < -0.4 is 16.4 Å². The monoisotopic (exact) mass is 521 g/mol. The Balaban J connectivity index is 1.54. The van der Waals surface area contributed by atoms with Crippen LogP contribution in [0.5, 0.6) is 0 Å². The van der Waals surface area contributed by atoms with Crippen LogP contribution in [0.15, 0.2) is 24.4 Å². The molecule has 1 aromatic carbocycles. The van der Waals surface area contributed by atoms with Gasteiger partial charge >= 0.3 is 6.18 Å². The summed E-state index contributed by atoms with van der Waals surface area (Å²) in [7, 11) is 0. The number of nitrogens with two attached hydrogens (primary N) is 1. The Morgan fingerprint density at radius 3 is 2.54 bits per heavy atom. The van der Waals surface area contributed by atoms with E-state index in [-0.39, 0.29) is 23.2 Å². The minimum atomic E-state index is -4.81. The Labute approximate surface area is 212 Å². The van der Waals surface area contributed by atoms with Gasteiger partial charge in [0.05, 0.1) is 17.4 Å². The van der Waals surface area contributed by atoms with Crippen molar-refractivity contribution in [1.82, 2.24) is 19.5 Å². The summed E-state index contributed by atoms with van der Waals surface area (Å²) in [5.41, 5.74) is 5.03. The Morgan fingerprint density at radius 2 is 1.86 bits per heavy atom. The molecule has 0 bridgehead atoms. The van der Waals surface area contributed by atoms with Gasteiger partial charge in [-0.3, -0.25) is 4.57 Å². The second-order valence-electron chi connectivity index (χ2n) is 10.2. The predicted octanol–water partition coefficient (Wildman–Crippen LogP) is 5.40. The van der Waals surface area contributed by atoms with E-state index in [0.29, 0.717) is 42.8 Å². The Morgan fingerprint density at radius 1 is 1.14 bits per heavy atom. The van der Waals surface area contributed by atoms with E-state index in [1.54, 1.807) is 6.20 Å². The lowest BCUT2D eigenvalue weighted by Gasteiger charge is -2.34. The Kier molecular flexibility index (Phi) is 6.97.